The first-order valence-corrected chi connectivity index (χ1v) is 7.25. The molecule has 1 aromatic heterocycles. The van der Waals surface area contributed by atoms with Crippen LogP contribution >= 0.6 is 0 Å². The zero-order chi connectivity index (χ0) is 14.3. The molecule has 0 atom stereocenters. The lowest BCUT2D eigenvalue weighted by molar-refractivity contribution is 0.350. The van der Waals surface area contributed by atoms with Gasteiger partial charge in [-0.2, -0.15) is 13.1 Å². The van der Waals surface area contributed by atoms with E-state index in [2.05, 4.69) is 26.3 Å². The van der Waals surface area contributed by atoms with Crippen molar-refractivity contribution < 1.29 is 13.5 Å². The third kappa shape index (κ3) is 6.20. The topological polar surface area (TPSA) is 91.3 Å². The standard InChI is InChI=1S/C12H17N3O3S/c1-10(2)9-13-19(17,18)15-12-7-3-5-11(14-12)6-4-8-16/h3,5,7,10,13,16H,8-9H2,1-2H3,(H,14,15). The van der Waals surface area contributed by atoms with Crippen molar-refractivity contribution >= 4 is 16.0 Å². The Morgan fingerprint density at radius 1 is 1.42 bits per heavy atom. The highest BCUT2D eigenvalue weighted by Crippen LogP contribution is 2.05. The summed E-state index contributed by atoms with van der Waals surface area (Å²) in [6.07, 6.45) is 0. The number of nitrogens with one attached hydrogen (secondary N) is 2. The van der Waals surface area contributed by atoms with Crippen LogP contribution < -0.4 is 9.44 Å². The molecule has 1 rings (SSSR count). The molecule has 6 nitrogen and oxygen atoms in total. The Kier molecular flexibility index (Phi) is 5.76. The van der Waals surface area contributed by atoms with Crippen molar-refractivity contribution in [1.82, 2.24) is 9.71 Å². The predicted octanol–water partition coefficient (Wildman–Crippen LogP) is 0.328. The van der Waals surface area contributed by atoms with E-state index in [1.165, 1.54) is 6.07 Å². The van der Waals surface area contributed by atoms with E-state index < -0.39 is 10.2 Å². The van der Waals surface area contributed by atoms with Crippen molar-refractivity contribution in [2.45, 2.75) is 13.8 Å². The largest absolute Gasteiger partial charge is 0.384 e. The highest BCUT2D eigenvalue weighted by Gasteiger charge is 2.10. The first kappa shape index (κ1) is 15.4. The van der Waals surface area contributed by atoms with E-state index in [-0.39, 0.29) is 18.3 Å². The number of aromatic nitrogens is 1. The Morgan fingerprint density at radius 3 is 2.79 bits per heavy atom. The van der Waals surface area contributed by atoms with Crippen molar-refractivity contribution in [1.29, 1.82) is 0 Å². The number of hydrogen-bond donors (Lipinski definition) is 3. The third-order valence-electron chi connectivity index (χ3n) is 1.97. The van der Waals surface area contributed by atoms with E-state index in [0.717, 1.165) is 0 Å². The lowest BCUT2D eigenvalue weighted by Gasteiger charge is -2.10. The Hall–Kier alpha value is -1.62. The molecule has 0 aliphatic rings. The zero-order valence-electron chi connectivity index (χ0n) is 10.8. The van der Waals surface area contributed by atoms with Gasteiger partial charge in [-0.25, -0.2) is 4.98 Å². The van der Waals surface area contributed by atoms with Crippen LogP contribution in [0.3, 0.4) is 0 Å². The van der Waals surface area contributed by atoms with Crippen LogP contribution in [0, 0.1) is 17.8 Å². The smallest absolute Gasteiger partial charge is 0.300 e. The maximum absolute atomic E-state index is 11.7. The van der Waals surface area contributed by atoms with E-state index in [4.69, 9.17) is 5.11 Å². The van der Waals surface area contributed by atoms with Crippen LogP contribution in [0.1, 0.15) is 19.5 Å². The lowest BCUT2D eigenvalue weighted by Crippen LogP contribution is -2.33. The van der Waals surface area contributed by atoms with Crippen LogP contribution in [0.4, 0.5) is 5.82 Å². The number of hydrogen-bond acceptors (Lipinski definition) is 4. The minimum absolute atomic E-state index is 0.181. The summed E-state index contributed by atoms with van der Waals surface area (Å²) < 4.78 is 28.1. The van der Waals surface area contributed by atoms with Crippen molar-refractivity contribution in [3.05, 3.63) is 23.9 Å². The molecule has 0 spiro atoms. The first-order valence-electron chi connectivity index (χ1n) is 5.77. The summed E-state index contributed by atoms with van der Waals surface area (Å²) in [5, 5.41) is 8.58. The van der Waals surface area contributed by atoms with Crippen LogP contribution in [0.2, 0.25) is 0 Å². The number of rotatable bonds is 5. The van der Waals surface area contributed by atoms with Gasteiger partial charge in [0.25, 0.3) is 10.2 Å². The molecular weight excluding hydrogens is 266 g/mol. The summed E-state index contributed by atoms with van der Waals surface area (Å²) in [4.78, 5) is 4.01. The second-order valence-electron chi connectivity index (χ2n) is 4.22. The fourth-order valence-electron chi connectivity index (χ4n) is 1.14. The van der Waals surface area contributed by atoms with Crippen LogP contribution in [-0.4, -0.2) is 31.7 Å². The van der Waals surface area contributed by atoms with Crippen molar-refractivity contribution in [3.63, 3.8) is 0 Å². The zero-order valence-corrected chi connectivity index (χ0v) is 11.7. The van der Waals surface area contributed by atoms with Gasteiger partial charge >= 0.3 is 0 Å². The average molecular weight is 283 g/mol. The molecule has 0 radical (unpaired) electrons. The van der Waals surface area contributed by atoms with Crippen LogP contribution in [-0.2, 0) is 10.2 Å². The molecule has 0 amide bonds. The van der Waals surface area contributed by atoms with Gasteiger partial charge in [0.1, 0.15) is 18.1 Å². The number of aliphatic hydroxyl groups is 1. The number of aliphatic hydroxyl groups excluding tert-OH is 1. The molecule has 0 bridgehead atoms. The molecule has 0 aliphatic heterocycles. The highest BCUT2D eigenvalue weighted by atomic mass is 32.2. The quantitative estimate of drug-likeness (QED) is 0.679. The summed E-state index contributed by atoms with van der Waals surface area (Å²) in [5.74, 6) is 5.44. The summed E-state index contributed by atoms with van der Waals surface area (Å²) in [6, 6.07) is 4.79. The minimum Gasteiger partial charge on any atom is -0.384 e. The van der Waals surface area contributed by atoms with Gasteiger partial charge in [0.15, 0.2) is 0 Å². The van der Waals surface area contributed by atoms with E-state index in [1.54, 1.807) is 12.1 Å². The average Bonchev–Trinajstić information content (AvgIpc) is 2.34. The Labute approximate surface area is 113 Å². The Bertz CT molecular complexity index is 573. The molecule has 1 aromatic rings. The van der Waals surface area contributed by atoms with E-state index in [9.17, 15) is 8.42 Å². The molecule has 0 saturated carbocycles. The molecule has 19 heavy (non-hydrogen) atoms. The van der Waals surface area contributed by atoms with Gasteiger partial charge in [0.2, 0.25) is 0 Å². The minimum atomic E-state index is -3.63. The maximum atomic E-state index is 11.7. The van der Waals surface area contributed by atoms with Crippen LogP contribution in [0.5, 0.6) is 0 Å². The SMILES string of the molecule is CC(C)CNS(=O)(=O)Nc1cccc(C#CCO)n1. The van der Waals surface area contributed by atoms with Gasteiger partial charge in [-0.1, -0.05) is 25.8 Å². The molecule has 0 fully saturated rings. The molecule has 1 heterocycles. The van der Waals surface area contributed by atoms with Crippen molar-refractivity contribution in [2.24, 2.45) is 5.92 Å². The fourth-order valence-corrected chi connectivity index (χ4v) is 2.16. The maximum Gasteiger partial charge on any atom is 0.300 e. The summed E-state index contributed by atoms with van der Waals surface area (Å²) in [5.41, 5.74) is 0.387. The van der Waals surface area contributed by atoms with Gasteiger partial charge < -0.3 is 5.11 Å². The molecule has 0 saturated heterocycles. The van der Waals surface area contributed by atoms with Gasteiger partial charge in [-0.05, 0) is 24.0 Å². The lowest BCUT2D eigenvalue weighted by atomic mass is 10.2. The monoisotopic (exact) mass is 283 g/mol. The van der Waals surface area contributed by atoms with Gasteiger partial charge in [-0.15, -0.1) is 0 Å². The van der Waals surface area contributed by atoms with Gasteiger partial charge in [0, 0.05) is 6.54 Å². The fraction of sp³-hybridized carbons (Fsp3) is 0.417. The number of anilines is 1. The van der Waals surface area contributed by atoms with Gasteiger partial charge in [0.05, 0.1) is 0 Å². The molecular formula is C12H17N3O3S. The summed E-state index contributed by atoms with van der Waals surface area (Å²) >= 11 is 0. The molecule has 0 aromatic carbocycles. The molecule has 0 aliphatic carbocycles. The Morgan fingerprint density at radius 2 is 2.16 bits per heavy atom. The number of nitrogens with zero attached hydrogens (tertiary/aromatic N) is 1. The molecule has 104 valence electrons. The predicted molar refractivity (Wildman–Crippen MR) is 73.6 cm³/mol. The second-order valence-corrected chi connectivity index (χ2v) is 5.72. The highest BCUT2D eigenvalue weighted by molar-refractivity contribution is 7.90. The number of pyridine rings is 1. The van der Waals surface area contributed by atoms with E-state index >= 15 is 0 Å². The molecule has 7 heteroatoms. The summed E-state index contributed by atoms with van der Waals surface area (Å²) in [6.45, 7) is 3.89. The molecule has 0 unspecified atom stereocenters. The van der Waals surface area contributed by atoms with Gasteiger partial charge in [-0.3, -0.25) is 4.72 Å². The second kappa shape index (κ2) is 7.09. The first-order chi connectivity index (χ1) is 8.93. The van der Waals surface area contributed by atoms with Crippen LogP contribution in [0.25, 0.3) is 0 Å². The van der Waals surface area contributed by atoms with E-state index in [0.29, 0.717) is 12.2 Å². The van der Waals surface area contributed by atoms with Crippen molar-refractivity contribution in [3.8, 4) is 11.8 Å². The van der Waals surface area contributed by atoms with Crippen molar-refractivity contribution in [2.75, 3.05) is 17.9 Å². The Balaban J connectivity index is 2.76. The molecule has 3 N–H and O–H groups in total. The normalized spacial score (nSPS) is 10.9. The summed E-state index contributed by atoms with van der Waals surface area (Å²) in [7, 11) is -3.63. The van der Waals surface area contributed by atoms with E-state index in [1.807, 2.05) is 13.8 Å². The van der Waals surface area contributed by atoms with Crippen LogP contribution in [0.15, 0.2) is 18.2 Å². The third-order valence-corrected chi connectivity index (χ3v) is 2.99.